The standard InChI is InChI=1S/C16H24N2O5/c1-10(2)17(11(3)4)16(19)12(5)23-15-9-13(18(20)21)7-8-14(15)22-6/h7-12H,1-6H3. The topological polar surface area (TPSA) is 81.9 Å². The van der Waals surface area contributed by atoms with Gasteiger partial charge in [0.1, 0.15) is 0 Å². The van der Waals surface area contributed by atoms with Crippen molar-refractivity contribution < 1.29 is 19.2 Å². The maximum atomic E-state index is 12.6. The number of methoxy groups -OCH3 is 1. The number of non-ortho nitro benzene ring substituents is 1. The minimum absolute atomic E-state index is 0.0283. The molecular weight excluding hydrogens is 300 g/mol. The molecule has 1 amide bonds. The third-order valence-electron chi connectivity index (χ3n) is 3.38. The molecule has 0 N–H and O–H groups in total. The Balaban J connectivity index is 3.03. The van der Waals surface area contributed by atoms with Crippen LogP contribution < -0.4 is 9.47 Å². The fraction of sp³-hybridized carbons (Fsp3) is 0.562. The molecule has 0 saturated heterocycles. The first kappa shape index (κ1) is 18.7. The molecule has 0 spiro atoms. The van der Waals surface area contributed by atoms with Gasteiger partial charge in [-0.25, -0.2) is 0 Å². The number of nitrogens with zero attached hydrogens (tertiary/aromatic N) is 2. The number of benzene rings is 1. The van der Waals surface area contributed by atoms with Crippen molar-refractivity contribution in [2.24, 2.45) is 0 Å². The van der Waals surface area contributed by atoms with E-state index in [2.05, 4.69) is 0 Å². The lowest BCUT2D eigenvalue weighted by atomic mass is 10.2. The van der Waals surface area contributed by atoms with Gasteiger partial charge in [0.05, 0.1) is 18.1 Å². The van der Waals surface area contributed by atoms with Crippen LogP contribution in [-0.2, 0) is 4.79 Å². The second-order valence-electron chi connectivity index (χ2n) is 5.79. The van der Waals surface area contributed by atoms with Crippen molar-refractivity contribution in [1.29, 1.82) is 0 Å². The molecule has 0 heterocycles. The highest BCUT2D eigenvalue weighted by Gasteiger charge is 2.27. The maximum absolute atomic E-state index is 12.6. The molecule has 0 aliphatic carbocycles. The Labute approximate surface area is 136 Å². The van der Waals surface area contributed by atoms with Gasteiger partial charge in [0, 0.05) is 18.2 Å². The molecule has 0 fully saturated rings. The van der Waals surface area contributed by atoms with Crippen molar-refractivity contribution >= 4 is 11.6 Å². The molecule has 1 unspecified atom stereocenters. The number of nitro benzene ring substituents is 1. The number of hydrogen-bond acceptors (Lipinski definition) is 5. The largest absolute Gasteiger partial charge is 0.493 e. The summed E-state index contributed by atoms with van der Waals surface area (Å²) >= 11 is 0. The van der Waals surface area contributed by atoms with Crippen LogP contribution in [0.1, 0.15) is 34.6 Å². The molecule has 0 aromatic heterocycles. The summed E-state index contributed by atoms with van der Waals surface area (Å²) < 4.78 is 10.8. The predicted octanol–water partition coefficient (Wildman–Crippen LogP) is 3.02. The zero-order valence-electron chi connectivity index (χ0n) is 14.4. The molecular formula is C16H24N2O5. The fourth-order valence-corrected chi connectivity index (χ4v) is 2.43. The Morgan fingerprint density at radius 1 is 1.13 bits per heavy atom. The summed E-state index contributed by atoms with van der Waals surface area (Å²) in [6, 6.07) is 4.10. The van der Waals surface area contributed by atoms with E-state index in [0.29, 0.717) is 5.75 Å². The van der Waals surface area contributed by atoms with Gasteiger partial charge < -0.3 is 14.4 Å². The van der Waals surface area contributed by atoms with Gasteiger partial charge >= 0.3 is 0 Å². The average molecular weight is 324 g/mol. The molecule has 0 bridgehead atoms. The van der Waals surface area contributed by atoms with Gasteiger partial charge in [-0.1, -0.05) is 0 Å². The maximum Gasteiger partial charge on any atom is 0.273 e. The first-order valence-corrected chi connectivity index (χ1v) is 7.50. The number of carbonyl (C=O) groups is 1. The summed E-state index contributed by atoms with van der Waals surface area (Å²) in [6.07, 6.45) is -0.782. The van der Waals surface area contributed by atoms with Crippen molar-refractivity contribution in [2.45, 2.75) is 52.8 Å². The molecule has 0 saturated carbocycles. The normalized spacial score (nSPS) is 12.2. The smallest absolute Gasteiger partial charge is 0.273 e. The van der Waals surface area contributed by atoms with Gasteiger partial charge in [-0.05, 0) is 40.7 Å². The highest BCUT2D eigenvalue weighted by molar-refractivity contribution is 5.81. The van der Waals surface area contributed by atoms with E-state index in [-0.39, 0.29) is 29.4 Å². The van der Waals surface area contributed by atoms with Crippen molar-refractivity contribution in [3.63, 3.8) is 0 Å². The summed E-state index contributed by atoms with van der Waals surface area (Å²) in [4.78, 5) is 24.7. The van der Waals surface area contributed by atoms with E-state index in [9.17, 15) is 14.9 Å². The van der Waals surface area contributed by atoms with E-state index in [1.165, 1.54) is 25.3 Å². The molecule has 128 valence electrons. The van der Waals surface area contributed by atoms with E-state index < -0.39 is 11.0 Å². The summed E-state index contributed by atoms with van der Waals surface area (Å²) in [6.45, 7) is 9.34. The van der Waals surface area contributed by atoms with Crippen molar-refractivity contribution in [3.05, 3.63) is 28.3 Å². The molecule has 7 nitrogen and oxygen atoms in total. The van der Waals surface area contributed by atoms with E-state index >= 15 is 0 Å². The lowest BCUT2D eigenvalue weighted by Crippen LogP contribution is -2.48. The van der Waals surface area contributed by atoms with E-state index in [1.54, 1.807) is 11.8 Å². The van der Waals surface area contributed by atoms with Crippen LogP contribution >= 0.6 is 0 Å². The van der Waals surface area contributed by atoms with Gasteiger partial charge in [-0.2, -0.15) is 0 Å². The molecule has 23 heavy (non-hydrogen) atoms. The third kappa shape index (κ3) is 4.58. The Morgan fingerprint density at radius 2 is 1.70 bits per heavy atom. The number of rotatable bonds is 7. The molecule has 0 aliphatic rings. The minimum Gasteiger partial charge on any atom is -0.493 e. The Kier molecular flexibility index (Phi) is 6.36. The third-order valence-corrected chi connectivity index (χ3v) is 3.38. The van der Waals surface area contributed by atoms with Crippen LogP contribution in [-0.4, -0.2) is 41.0 Å². The highest BCUT2D eigenvalue weighted by atomic mass is 16.6. The number of ether oxygens (including phenoxy) is 2. The summed E-state index contributed by atoms with van der Waals surface area (Å²) in [5.41, 5.74) is -0.120. The number of hydrogen-bond donors (Lipinski definition) is 0. The second kappa shape index (κ2) is 7.80. The van der Waals surface area contributed by atoms with Gasteiger partial charge in [0.25, 0.3) is 11.6 Å². The van der Waals surface area contributed by atoms with Crippen molar-refractivity contribution in [3.8, 4) is 11.5 Å². The highest BCUT2D eigenvalue weighted by Crippen LogP contribution is 2.32. The molecule has 0 aliphatic heterocycles. The average Bonchev–Trinajstić information content (AvgIpc) is 2.46. The first-order valence-electron chi connectivity index (χ1n) is 7.50. The summed E-state index contributed by atoms with van der Waals surface area (Å²) in [5.74, 6) is 0.342. The minimum atomic E-state index is -0.782. The quantitative estimate of drug-likeness (QED) is 0.569. The second-order valence-corrected chi connectivity index (χ2v) is 5.79. The van der Waals surface area contributed by atoms with Crippen molar-refractivity contribution in [2.75, 3.05) is 7.11 Å². The molecule has 0 radical (unpaired) electrons. The number of amides is 1. The lowest BCUT2D eigenvalue weighted by molar-refractivity contribution is -0.385. The van der Waals surface area contributed by atoms with Crippen LogP contribution in [0.5, 0.6) is 11.5 Å². The van der Waals surface area contributed by atoms with Crippen LogP contribution in [0.2, 0.25) is 0 Å². The van der Waals surface area contributed by atoms with E-state index in [1.807, 2.05) is 27.7 Å². The molecule has 1 aromatic rings. The van der Waals surface area contributed by atoms with Gasteiger partial charge in [-0.3, -0.25) is 14.9 Å². The van der Waals surface area contributed by atoms with Gasteiger partial charge in [-0.15, -0.1) is 0 Å². The Hall–Kier alpha value is -2.31. The summed E-state index contributed by atoms with van der Waals surface area (Å²) in [7, 11) is 1.44. The summed E-state index contributed by atoms with van der Waals surface area (Å²) in [5, 5.41) is 10.9. The SMILES string of the molecule is COc1ccc([N+](=O)[O-])cc1OC(C)C(=O)N(C(C)C)C(C)C. The van der Waals surface area contributed by atoms with Crippen LogP contribution in [0.4, 0.5) is 5.69 Å². The Morgan fingerprint density at radius 3 is 2.13 bits per heavy atom. The fourth-order valence-electron chi connectivity index (χ4n) is 2.43. The van der Waals surface area contributed by atoms with Crippen molar-refractivity contribution in [1.82, 2.24) is 4.90 Å². The van der Waals surface area contributed by atoms with Crippen LogP contribution in [0.25, 0.3) is 0 Å². The molecule has 1 atom stereocenters. The number of carbonyl (C=O) groups excluding carboxylic acids is 1. The van der Waals surface area contributed by atoms with Crippen LogP contribution in [0.3, 0.4) is 0 Å². The zero-order chi connectivity index (χ0) is 17.7. The van der Waals surface area contributed by atoms with Crippen LogP contribution in [0, 0.1) is 10.1 Å². The van der Waals surface area contributed by atoms with Crippen LogP contribution in [0.15, 0.2) is 18.2 Å². The number of nitro groups is 1. The Bertz CT molecular complexity index is 564. The van der Waals surface area contributed by atoms with Gasteiger partial charge in [0.2, 0.25) is 0 Å². The molecule has 7 heteroatoms. The molecule has 1 rings (SSSR count). The van der Waals surface area contributed by atoms with Gasteiger partial charge in [0.15, 0.2) is 17.6 Å². The van der Waals surface area contributed by atoms with E-state index in [4.69, 9.17) is 9.47 Å². The molecule has 1 aromatic carbocycles. The lowest BCUT2D eigenvalue weighted by Gasteiger charge is -2.33. The zero-order valence-corrected chi connectivity index (χ0v) is 14.4. The first-order chi connectivity index (χ1) is 10.7. The predicted molar refractivity (Wildman–Crippen MR) is 86.9 cm³/mol. The van der Waals surface area contributed by atoms with E-state index in [0.717, 1.165) is 0 Å². The monoisotopic (exact) mass is 324 g/mol.